The SMILES string of the molecule is CCC1(CC)Oc2ccccc2C2=C1SSSSC1(O2)C(O)c2ccccc2OC1(CC)CC. The van der Waals surface area contributed by atoms with Crippen LogP contribution < -0.4 is 9.47 Å². The summed E-state index contributed by atoms with van der Waals surface area (Å²) in [7, 11) is 6.65. The first kappa shape index (κ1) is 24.6. The van der Waals surface area contributed by atoms with E-state index in [1.807, 2.05) is 42.5 Å². The Bertz CT molecular complexity index is 1100. The third-order valence-corrected chi connectivity index (χ3v) is 14.3. The molecule has 0 amide bonds. The molecule has 0 bridgehead atoms. The molecule has 3 heterocycles. The largest absolute Gasteiger partial charge is 0.482 e. The molecule has 182 valence electrons. The van der Waals surface area contributed by atoms with Gasteiger partial charge in [-0.05, 0) is 85.1 Å². The second-order valence-electron chi connectivity index (χ2n) is 8.77. The normalized spacial score (nSPS) is 26.7. The van der Waals surface area contributed by atoms with Gasteiger partial charge in [0, 0.05) is 5.56 Å². The molecular formula is C26H30O4S4. The lowest BCUT2D eigenvalue weighted by Crippen LogP contribution is -2.62. The number of aliphatic hydroxyl groups excluding tert-OH is 1. The minimum absolute atomic E-state index is 0.468. The van der Waals surface area contributed by atoms with Gasteiger partial charge in [0.15, 0.2) is 5.60 Å². The molecule has 3 aliphatic rings. The fourth-order valence-corrected chi connectivity index (χ4v) is 12.7. The van der Waals surface area contributed by atoms with E-state index in [9.17, 15) is 5.11 Å². The molecule has 1 N–H and O–H groups in total. The maximum atomic E-state index is 12.0. The number of fused-ring (bicyclic) bond motifs is 3. The van der Waals surface area contributed by atoms with Crippen molar-refractivity contribution in [2.75, 3.05) is 0 Å². The zero-order chi connectivity index (χ0) is 24.0. The molecule has 2 atom stereocenters. The van der Waals surface area contributed by atoms with Crippen molar-refractivity contribution in [3.8, 4) is 11.5 Å². The molecule has 0 saturated carbocycles. The Labute approximate surface area is 217 Å². The van der Waals surface area contributed by atoms with Crippen molar-refractivity contribution in [2.45, 2.75) is 75.6 Å². The molecule has 34 heavy (non-hydrogen) atoms. The van der Waals surface area contributed by atoms with E-state index < -0.39 is 22.2 Å². The lowest BCUT2D eigenvalue weighted by Gasteiger charge is -2.55. The summed E-state index contributed by atoms with van der Waals surface area (Å²) in [6.45, 7) is 8.58. The van der Waals surface area contributed by atoms with Crippen molar-refractivity contribution >= 4 is 47.0 Å². The third kappa shape index (κ3) is 3.51. The van der Waals surface area contributed by atoms with Crippen LogP contribution in [0.4, 0.5) is 0 Å². The molecule has 3 aliphatic heterocycles. The van der Waals surface area contributed by atoms with Crippen molar-refractivity contribution in [1.29, 1.82) is 0 Å². The molecule has 2 aromatic carbocycles. The number of para-hydroxylation sites is 2. The van der Waals surface area contributed by atoms with Crippen LogP contribution in [0.2, 0.25) is 0 Å². The molecule has 0 aromatic heterocycles. The second-order valence-corrected chi connectivity index (χ2v) is 14.7. The average molecular weight is 535 g/mol. The van der Waals surface area contributed by atoms with E-state index in [-0.39, 0.29) is 0 Å². The zero-order valence-electron chi connectivity index (χ0n) is 19.8. The number of benzene rings is 2. The van der Waals surface area contributed by atoms with Gasteiger partial charge in [-0.15, -0.1) is 0 Å². The molecule has 0 fully saturated rings. The monoisotopic (exact) mass is 534 g/mol. The van der Waals surface area contributed by atoms with Gasteiger partial charge in [-0.3, -0.25) is 0 Å². The van der Waals surface area contributed by atoms with Gasteiger partial charge in [-0.2, -0.15) is 0 Å². The predicted octanol–water partition coefficient (Wildman–Crippen LogP) is 8.40. The first-order chi connectivity index (χ1) is 16.5. The number of hydrogen-bond acceptors (Lipinski definition) is 8. The Hall–Kier alpha value is -1.06. The Morgan fingerprint density at radius 1 is 0.794 bits per heavy atom. The van der Waals surface area contributed by atoms with Gasteiger partial charge in [0.2, 0.25) is 4.93 Å². The molecule has 2 aromatic rings. The summed E-state index contributed by atoms with van der Waals surface area (Å²) < 4.78 is 20.6. The smallest absolute Gasteiger partial charge is 0.234 e. The van der Waals surface area contributed by atoms with Crippen molar-refractivity contribution < 1.29 is 19.3 Å². The summed E-state index contributed by atoms with van der Waals surface area (Å²) in [6, 6.07) is 15.9. The molecule has 0 aliphatic carbocycles. The van der Waals surface area contributed by atoms with Gasteiger partial charge in [-0.1, -0.05) is 58.0 Å². The summed E-state index contributed by atoms with van der Waals surface area (Å²) in [5.41, 5.74) is 0.520. The highest BCUT2D eigenvalue weighted by molar-refractivity contribution is 9.26. The van der Waals surface area contributed by atoms with Gasteiger partial charge in [0.1, 0.15) is 29.0 Å². The highest BCUT2D eigenvalue weighted by atomic mass is 33.7. The minimum Gasteiger partial charge on any atom is -0.482 e. The highest BCUT2D eigenvalue weighted by Gasteiger charge is 2.64. The Morgan fingerprint density at radius 2 is 1.47 bits per heavy atom. The Morgan fingerprint density at radius 3 is 2.18 bits per heavy atom. The van der Waals surface area contributed by atoms with Gasteiger partial charge >= 0.3 is 0 Å². The van der Waals surface area contributed by atoms with Gasteiger partial charge in [-0.25, -0.2) is 0 Å². The van der Waals surface area contributed by atoms with Crippen LogP contribution in [0, 0.1) is 0 Å². The molecule has 1 spiro atoms. The quantitative estimate of drug-likeness (QED) is 0.392. The van der Waals surface area contributed by atoms with Crippen LogP contribution in [0.25, 0.3) is 5.76 Å². The molecule has 8 heteroatoms. The molecule has 2 unspecified atom stereocenters. The molecular weight excluding hydrogens is 505 g/mol. The van der Waals surface area contributed by atoms with Crippen LogP contribution in [-0.2, 0) is 4.74 Å². The predicted molar refractivity (Wildman–Crippen MR) is 147 cm³/mol. The first-order valence-electron chi connectivity index (χ1n) is 11.9. The van der Waals surface area contributed by atoms with E-state index in [1.54, 1.807) is 41.2 Å². The standard InChI is InChI=1S/C26H30O4S4/c1-5-24(6-2)23-21(17-13-9-11-15-19(17)28-24)30-26(32-34-33-31-23)22(27)18-14-10-12-16-20(18)29-25(26,7-3)8-4/h9-16,22,27H,5-8H2,1-4H3. The Kier molecular flexibility index (Phi) is 6.83. The molecule has 0 saturated heterocycles. The second kappa shape index (κ2) is 9.43. The summed E-state index contributed by atoms with van der Waals surface area (Å²) in [4.78, 5) is 0.0439. The van der Waals surface area contributed by atoms with E-state index in [2.05, 4.69) is 33.8 Å². The average Bonchev–Trinajstić information content (AvgIpc) is 2.87. The van der Waals surface area contributed by atoms with Crippen molar-refractivity contribution in [2.24, 2.45) is 0 Å². The number of rotatable bonds is 4. The summed E-state index contributed by atoms with van der Waals surface area (Å²) in [6.07, 6.45) is 2.20. The van der Waals surface area contributed by atoms with Crippen molar-refractivity contribution in [3.63, 3.8) is 0 Å². The number of ether oxygens (including phenoxy) is 3. The van der Waals surface area contributed by atoms with Crippen molar-refractivity contribution in [1.82, 2.24) is 0 Å². The number of hydrogen-bond donors (Lipinski definition) is 1. The van der Waals surface area contributed by atoms with Gasteiger partial charge in [0.05, 0.1) is 10.5 Å². The fraction of sp³-hybridized carbons (Fsp3) is 0.462. The summed E-state index contributed by atoms with van der Waals surface area (Å²) in [5, 5.41) is 12.0. The minimum atomic E-state index is -1.04. The van der Waals surface area contributed by atoms with Crippen LogP contribution in [0.5, 0.6) is 11.5 Å². The summed E-state index contributed by atoms with van der Waals surface area (Å²) in [5.74, 6) is 2.37. The maximum absolute atomic E-state index is 12.0. The van der Waals surface area contributed by atoms with E-state index in [0.717, 1.165) is 46.1 Å². The van der Waals surface area contributed by atoms with Crippen LogP contribution in [0.1, 0.15) is 70.6 Å². The van der Waals surface area contributed by atoms with Crippen LogP contribution in [0.3, 0.4) is 0 Å². The molecule has 0 radical (unpaired) electrons. The van der Waals surface area contributed by atoms with Crippen LogP contribution in [0.15, 0.2) is 53.4 Å². The van der Waals surface area contributed by atoms with Crippen molar-refractivity contribution in [3.05, 3.63) is 64.6 Å². The van der Waals surface area contributed by atoms with Crippen LogP contribution >= 0.6 is 41.2 Å². The molecule has 4 nitrogen and oxygen atoms in total. The van der Waals surface area contributed by atoms with Gasteiger partial charge < -0.3 is 19.3 Å². The summed E-state index contributed by atoms with van der Waals surface area (Å²) >= 11 is 0. The van der Waals surface area contributed by atoms with Crippen LogP contribution in [-0.4, -0.2) is 21.2 Å². The zero-order valence-corrected chi connectivity index (χ0v) is 23.1. The maximum Gasteiger partial charge on any atom is 0.234 e. The van der Waals surface area contributed by atoms with E-state index in [0.29, 0.717) is 12.8 Å². The topological polar surface area (TPSA) is 47.9 Å². The van der Waals surface area contributed by atoms with E-state index in [4.69, 9.17) is 14.2 Å². The lowest BCUT2D eigenvalue weighted by molar-refractivity contribution is -0.153. The Balaban J connectivity index is 1.76. The van der Waals surface area contributed by atoms with Gasteiger partial charge in [0.25, 0.3) is 0 Å². The third-order valence-electron chi connectivity index (χ3n) is 7.41. The lowest BCUT2D eigenvalue weighted by atomic mass is 9.80. The first-order valence-corrected chi connectivity index (χ1v) is 16.7. The number of aliphatic hydroxyl groups is 1. The van der Waals surface area contributed by atoms with E-state index >= 15 is 0 Å². The molecule has 5 rings (SSSR count). The fourth-order valence-electron chi connectivity index (χ4n) is 5.23. The highest BCUT2D eigenvalue weighted by Crippen LogP contribution is 2.68. The van der Waals surface area contributed by atoms with E-state index in [1.165, 1.54) is 0 Å².